The van der Waals surface area contributed by atoms with Crippen LogP contribution >= 0.6 is 0 Å². The highest BCUT2D eigenvalue weighted by atomic mass is 19.4. The third-order valence-corrected chi connectivity index (χ3v) is 8.93. The number of rotatable bonds is 6. The zero-order chi connectivity index (χ0) is 33.2. The normalized spacial score (nSPS) is 21.1. The van der Waals surface area contributed by atoms with Crippen molar-refractivity contribution >= 4 is 17.6 Å². The number of nitrogens with zero attached hydrogens (tertiary/aromatic N) is 7. The highest BCUT2D eigenvalue weighted by Gasteiger charge is 2.38. The van der Waals surface area contributed by atoms with Gasteiger partial charge in [-0.05, 0) is 78.6 Å². The Morgan fingerprint density at radius 3 is 2.52 bits per heavy atom. The van der Waals surface area contributed by atoms with Crippen LogP contribution in [0.15, 0.2) is 18.2 Å². The van der Waals surface area contributed by atoms with Gasteiger partial charge in [0.1, 0.15) is 18.0 Å². The number of hydrogen-bond donors (Lipinski definition) is 0. The molecule has 1 aromatic carbocycles. The lowest BCUT2D eigenvalue weighted by Gasteiger charge is -2.42. The summed E-state index contributed by atoms with van der Waals surface area (Å²) in [5, 5.41) is 9.63. The van der Waals surface area contributed by atoms with Gasteiger partial charge in [-0.2, -0.15) is 28.4 Å². The maximum absolute atomic E-state index is 14.2. The Bertz CT molecular complexity index is 1460. The number of aromatic nitrogens is 2. The summed E-state index contributed by atoms with van der Waals surface area (Å²) >= 11 is 0. The number of likely N-dealkylation sites (N-methyl/N-ethyl adjacent to an activating group) is 1. The molecule has 0 spiro atoms. The summed E-state index contributed by atoms with van der Waals surface area (Å²) in [4.78, 5) is 30.4. The van der Waals surface area contributed by atoms with E-state index >= 15 is 0 Å². The van der Waals surface area contributed by atoms with Crippen LogP contribution in [0.5, 0.6) is 6.01 Å². The van der Waals surface area contributed by atoms with Crippen molar-refractivity contribution in [2.24, 2.45) is 0 Å². The molecule has 250 valence electrons. The number of aryl methyl sites for hydroxylation is 1. The van der Waals surface area contributed by atoms with Crippen molar-refractivity contribution in [3.63, 3.8) is 0 Å². The standard InChI is InChI=1S/C33H44F3N7O3/c1-22-9-6-12-27(28(22)33(34,35)36)41-16-8-11-25-26(20-41)38-30(45-21-24-10-7-15-40(24)5)39-29(25)42-17-18-43(23(19-42)13-14-37)31(44)46-32(2,3)4/h6,9,12,23-24H,7-8,10-11,13,15-21H2,1-5H3/t23?,24-/m0/s1. The first kappa shape index (κ1) is 33.6. The quantitative estimate of drug-likeness (QED) is 0.400. The van der Waals surface area contributed by atoms with Crippen molar-refractivity contribution in [1.82, 2.24) is 19.8 Å². The van der Waals surface area contributed by atoms with Crippen LogP contribution in [0.1, 0.15) is 68.8 Å². The number of benzene rings is 1. The fraction of sp³-hybridized carbons (Fsp3) is 0.636. The molecule has 4 heterocycles. The Kier molecular flexibility index (Phi) is 9.86. The van der Waals surface area contributed by atoms with Crippen LogP contribution in [0.4, 0.5) is 29.5 Å². The van der Waals surface area contributed by atoms with E-state index in [1.54, 1.807) is 36.6 Å². The Labute approximate surface area is 269 Å². The SMILES string of the molecule is Cc1cccc(N2CCCc3c(nc(OC[C@@H]4CCCN4C)nc3N3CCN(C(=O)OC(C)(C)C)C(CC#N)C3)C2)c1C(F)(F)F. The summed E-state index contributed by atoms with van der Waals surface area (Å²) in [7, 11) is 2.06. The molecule has 10 nitrogen and oxygen atoms in total. The molecule has 0 saturated carbocycles. The number of fused-ring (bicyclic) bond motifs is 1. The predicted molar refractivity (Wildman–Crippen MR) is 168 cm³/mol. The molecule has 3 aliphatic rings. The van der Waals surface area contributed by atoms with Gasteiger partial charge in [-0.25, -0.2) is 4.79 Å². The molecule has 2 fully saturated rings. The lowest BCUT2D eigenvalue weighted by molar-refractivity contribution is -0.137. The zero-order valence-electron chi connectivity index (χ0n) is 27.4. The number of carbonyl (C=O) groups is 1. The van der Waals surface area contributed by atoms with Gasteiger partial charge >= 0.3 is 18.3 Å². The number of hydrogen-bond acceptors (Lipinski definition) is 9. The van der Waals surface area contributed by atoms with Crippen LogP contribution in [0.2, 0.25) is 0 Å². The van der Waals surface area contributed by atoms with Gasteiger partial charge in [-0.15, -0.1) is 0 Å². The molecule has 0 N–H and O–H groups in total. The molecule has 1 aromatic heterocycles. The second-order valence-corrected chi connectivity index (χ2v) is 13.5. The lowest BCUT2D eigenvalue weighted by atomic mass is 10.0. The summed E-state index contributed by atoms with van der Waals surface area (Å²) in [6.07, 6.45) is -1.61. The minimum absolute atomic E-state index is 0.113. The molecule has 0 bridgehead atoms. The summed E-state index contributed by atoms with van der Waals surface area (Å²) < 4.78 is 54.6. The highest BCUT2D eigenvalue weighted by Crippen LogP contribution is 2.41. The molecule has 2 aromatic rings. The molecule has 2 atom stereocenters. The van der Waals surface area contributed by atoms with E-state index in [4.69, 9.17) is 19.4 Å². The van der Waals surface area contributed by atoms with E-state index in [-0.39, 0.29) is 36.3 Å². The Balaban J connectivity index is 1.49. The van der Waals surface area contributed by atoms with Gasteiger partial charge in [0.05, 0.1) is 36.3 Å². The third-order valence-electron chi connectivity index (χ3n) is 8.93. The number of amides is 1. The van der Waals surface area contributed by atoms with E-state index in [1.165, 1.54) is 19.1 Å². The van der Waals surface area contributed by atoms with Crippen LogP contribution in [-0.4, -0.2) is 89.9 Å². The number of halogens is 3. The van der Waals surface area contributed by atoms with E-state index in [2.05, 4.69) is 22.9 Å². The lowest BCUT2D eigenvalue weighted by Crippen LogP contribution is -2.56. The average molecular weight is 644 g/mol. The first-order valence-corrected chi connectivity index (χ1v) is 16.0. The van der Waals surface area contributed by atoms with Crippen molar-refractivity contribution in [2.75, 3.05) is 56.2 Å². The summed E-state index contributed by atoms with van der Waals surface area (Å²) in [6, 6.07) is 6.85. The molecule has 0 radical (unpaired) electrons. The van der Waals surface area contributed by atoms with Crippen LogP contribution < -0.4 is 14.5 Å². The molecule has 0 aliphatic carbocycles. The zero-order valence-corrected chi connectivity index (χ0v) is 27.4. The molecule has 1 amide bonds. The van der Waals surface area contributed by atoms with Gasteiger partial charge in [-0.1, -0.05) is 12.1 Å². The van der Waals surface area contributed by atoms with Gasteiger partial charge in [0.25, 0.3) is 0 Å². The maximum Gasteiger partial charge on any atom is 0.418 e. The van der Waals surface area contributed by atoms with Crippen LogP contribution in [0.25, 0.3) is 0 Å². The summed E-state index contributed by atoms with van der Waals surface area (Å²) in [6.45, 7) is 9.98. The first-order chi connectivity index (χ1) is 21.7. The van der Waals surface area contributed by atoms with Crippen molar-refractivity contribution in [3.8, 4) is 12.1 Å². The molecule has 1 unspecified atom stereocenters. The number of piperazine rings is 1. The third kappa shape index (κ3) is 7.60. The number of alkyl halides is 3. The van der Waals surface area contributed by atoms with Gasteiger partial charge < -0.3 is 29.1 Å². The van der Waals surface area contributed by atoms with Crippen molar-refractivity contribution in [1.29, 1.82) is 5.26 Å². The largest absolute Gasteiger partial charge is 0.462 e. The summed E-state index contributed by atoms with van der Waals surface area (Å²) in [5.74, 6) is 0.647. The van der Waals surface area contributed by atoms with Crippen molar-refractivity contribution in [3.05, 3.63) is 40.6 Å². The van der Waals surface area contributed by atoms with Crippen molar-refractivity contribution in [2.45, 2.75) is 90.2 Å². The van der Waals surface area contributed by atoms with Crippen molar-refractivity contribution < 1.29 is 27.4 Å². The molecule has 5 rings (SSSR count). The molecule has 13 heteroatoms. The molecular formula is C33H44F3N7O3. The van der Waals surface area contributed by atoms with E-state index in [0.717, 1.165) is 24.9 Å². The fourth-order valence-corrected chi connectivity index (χ4v) is 6.65. The van der Waals surface area contributed by atoms with Gasteiger partial charge in [-0.3, -0.25) is 0 Å². The second-order valence-electron chi connectivity index (χ2n) is 13.5. The van der Waals surface area contributed by atoms with E-state index < -0.39 is 29.5 Å². The number of carbonyl (C=O) groups excluding carboxylic acids is 1. The highest BCUT2D eigenvalue weighted by molar-refractivity contribution is 5.69. The van der Waals surface area contributed by atoms with Gasteiger partial charge in [0.15, 0.2) is 0 Å². The molecule has 2 saturated heterocycles. The van der Waals surface area contributed by atoms with Gasteiger partial charge in [0, 0.05) is 43.5 Å². The Morgan fingerprint density at radius 1 is 1.07 bits per heavy atom. The minimum Gasteiger partial charge on any atom is -0.462 e. The van der Waals surface area contributed by atoms with E-state index in [0.29, 0.717) is 57.1 Å². The molecule has 46 heavy (non-hydrogen) atoms. The van der Waals surface area contributed by atoms with Crippen LogP contribution in [-0.2, 0) is 23.9 Å². The minimum atomic E-state index is -4.50. The molecule has 3 aliphatic heterocycles. The van der Waals surface area contributed by atoms with Crippen LogP contribution in [0, 0.1) is 18.3 Å². The fourth-order valence-electron chi connectivity index (χ4n) is 6.65. The predicted octanol–water partition coefficient (Wildman–Crippen LogP) is 5.57. The number of anilines is 2. The second kappa shape index (κ2) is 13.5. The van der Waals surface area contributed by atoms with E-state index in [1.807, 2.05) is 0 Å². The maximum atomic E-state index is 14.2. The number of likely N-dealkylation sites (tertiary alicyclic amines) is 1. The Hall–Kier alpha value is -3.79. The monoisotopic (exact) mass is 643 g/mol. The molecular weight excluding hydrogens is 599 g/mol. The summed E-state index contributed by atoms with van der Waals surface area (Å²) in [5.41, 5.74) is 0.480. The van der Waals surface area contributed by atoms with Crippen LogP contribution in [0.3, 0.4) is 0 Å². The number of nitriles is 1. The first-order valence-electron chi connectivity index (χ1n) is 16.0. The number of ether oxygens (including phenoxy) is 2. The average Bonchev–Trinajstić information content (AvgIpc) is 3.26. The Morgan fingerprint density at radius 2 is 1.85 bits per heavy atom. The van der Waals surface area contributed by atoms with E-state index in [9.17, 15) is 23.2 Å². The van der Waals surface area contributed by atoms with Gasteiger partial charge in [0.2, 0.25) is 0 Å². The topological polar surface area (TPSA) is 98.1 Å². The smallest absolute Gasteiger partial charge is 0.418 e.